The fourth-order valence-corrected chi connectivity index (χ4v) is 4.23. The molecule has 0 bridgehead atoms. The van der Waals surface area contributed by atoms with Gasteiger partial charge >= 0.3 is 0 Å². The fraction of sp³-hybridized carbons (Fsp3) is 0.0435. The summed E-state index contributed by atoms with van der Waals surface area (Å²) in [5.41, 5.74) is 2.73. The third-order valence-corrected chi connectivity index (χ3v) is 5.66. The number of hydrogen-bond donors (Lipinski definition) is 0. The summed E-state index contributed by atoms with van der Waals surface area (Å²) in [5, 5.41) is 0. The number of ether oxygens (including phenoxy) is 1. The van der Waals surface area contributed by atoms with E-state index in [-0.39, 0.29) is 18.0 Å². The van der Waals surface area contributed by atoms with Crippen LogP contribution in [0.4, 0.5) is 4.39 Å². The molecule has 2 aromatic heterocycles. The molecule has 0 unspecified atom stereocenters. The van der Waals surface area contributed by atoms with Crippen molar-refractivity contribution < 1.29 is 9.13 Å². The zero-order valence-corrected chi connectivity index (χ0v) is 16.0. The number of benzene rings is 3. The third-order valence-electron chi connectivity index (χ3n) is 4.69. The van der Waals surface area contributed by atoms with Crippen molar-refractivity contribution in [1.82, 2.24) is 9.38 Å². The van der Waals surface area contributed by atoms with Gasteiger partial charge in [0.1, 0.15) is 18.2 Å². The summed E-state index contributed by atoms with van der Waals surface area (Å²) in [5.74, 6) is 0.285. The number of hydrogen-bond acceptors (Lipinski definition) is 4. The van der Waals surface area contributed by atoms with E-state index in [1.165, 1.54) is 17.4 Å². The lowest BCUT2D eigenvalue weighted by atomic mass is 10.2. The molecule has 29 heavy (non-hydrogen) atoms. The van der Waals surface area contributed by atoms with Gasteiger partial charge in [0.2, 0.25) is 0 Å². The molecule has 0 saturated heterocycles. The van der Waals surface area contributed by atoms with Crippen LogP contribution in [-0.4, -0.2) is 9.38 Å². The minimum atomic E-state index is -0.304. The number of halogens is 1. The Morgan fingerprint density at radius 2 is 1.76 bits per heavy atom. The van der Waals surface area contributed by atoms with Crippen LogP contribution >= 0.6 is 11.3 Å². The predicted molar refractivity (Wildman–Crippen MR) is 113 cm³/mol. The first kappa shape index (κ1) is 17.6. The third kappa shape index (κ3) is 3.17. The average Bonchev–Trinajstić information content (AvgIpc) is 3.25. The van der Waals surface area contributed by atoms with Crippen LogP contribution in [0.5, 0.6) is 5.75 Å². The molecule has 0 amide bonds. The Bertz CT molecular complexity index is 1460. The van der Waals surface area contributed by atoms with E-state index < -0.39 is 0 Å². The maximum Gasteiger partial charge on any atom is 0.274 e. The molecule has 0 fully saturated rings. The van der Waals surface area contributed by atoms with E-state index in [9.17, 15) is 9.18 Å². The topological polar surface area (TPSA) is 43.6 Å². The largest absolute Gasteiger partial charge is 0.488 e. The smallest absolute Gasteiger partial charge is 0.274 e. The Kier molecular flexibility index (Phi) is 4.33. The normalized spacial score (nSPS) is 12.1. The molecule has 0 spiro atoms. The summed E-state index contributed by atoms with van der Waals surface area (Å²) in [6, 6.07) is 21.5. The summed E-state index contributed by atoms with van der Waals surface area (Å²) in [7, 11) is 0. The van der Waals surface area contributed by atoms with Gasteiger partial charge in [0.05, 0.1) is 15.6 Å². The lowest BCUT2D eigenvalue weighted by molar-refractivity contribution is 0.299. The second-order valence-corrected chi connectivity index (χ2v) is 7.56. The van der Waals surface area contributed by atoms with Gasteiger partial charge in [-0.2, -0.15) is 0 Å². The lowest BCUT2D eigenvalue weighted by Gasteiger charge is -2.09. The van der Waals surface area contributed by atoms with Crippen molar-refractivity contribution in [3.63, 3.8) is 0 Å². The number of imidazole rings is 1. The second kappa shape index (κ2) is 7.14. The first-order valence-corrected chi connectivity index (χ1v) is 9.89. The molecule has 5 rings (SSSR count). The number of fused-ring (bicyclic) bond motifs is 3. The molecule has 5 aromatic rings. The van der Waals surface area contributed by atoms with Crippen molar-refractivity contribution in [3.8, 4) is 5.75 Å². The Morgan fingerprint density at radius 3 is 2.66 bits per heavy atom. The van der Waals surface area contributed by atoms with Gasteiger partial charge in [0.25, 0.3) is 5.56 Å². The van der Waals surface area contributed by atoms with E-state index in [1.54, 1.807) is 28.7 Å². The van der Waals surface area contributed by atoms with Crippen molar-refractivity contribution in [2.45, 2.75) is 6.61 Å². The molecule has 142 valence electrons. The van der Waals surface area contributed by atoms with Gasteiger partial charge in [-0.15, -0.1) is 0 Å². The molecule has 0 N–H and O–H groups in total. The molecule has 4 nitrogen and oxygen atoms in total. The summed E-state index contributed by atoms with van der Waals surface area (Å²) in [6.07, 6.45) is 1.80. The van der Waals surface area contributed by atoms with Crippen LogP contribution in [0.15, 0.2) is 77.6 Å². The van der Waals surface area contributed by atoms with Crippen LogP contribution in [0.1, 0.15) is 11.1 Å². The minimum absolute atomic E-state index is 0.109. The van der Waals surface area contributed by atoms with Crippen LogP contribution in [-0.2, 0) is 6.61 Å². The highest BCUT2D eigenvalue weighted by Crippen LogP contribution is 2.21. The molecule has 0 aliphatic carbocycles. The zero-order chi connectivity index (χ0) is 19.8. The van der Waals surface area contributed by atoms with Crippen molar-refractivity contribution in [1.29, 1.82) is 0 Å². The van der Waals surface area contributed by atoms with Crippen LogP contribution < -0.4 is 14.8 Å². The highest BCUT2D eigenvalue weighted by molar-refractivity contribution is 7.15. The van der Waals surface area contributed by atoms with Crippen molar-refractivity contribution >= 4 is 33.4 Å². The maximum absolute atomic E-state index is 13.9. The number of nitrogens with zero attached hydrogens (tertiary/aromatic N) is 2. The quantitative estimate of drug-likeness (QED) is 0.453. The molecule has 6 heteroatoms. The first-order chi connectivity index (χ1) is 14.2. The summed E-state index contributed by atoms with van der Waals surface area (Å²) < 4.78 is 21.9. The first-order valence-electron chi connectivity index (χ1n) is 9.08. The van der Waals surface area contributed by atoms with Gasteiger partial charge in [-0.1, -0.05) is 59.9 Å². The Hall–Kier alpha value is -3.51. The van der Waals surface area contributed by atoms with Crippen molar-refractivity contribution in [2.75, 3.05) is 0 Å². The molecule has 0 saturated carbocycles. The highest BCUT2D eigenvalue weighted by atomic mass is 32.1. The summed E-state index contributed by atoms with van der Waals surface area (Å²) in [6.45, 7) is 0.111. The molecular formula is C23H15FN2O2S. The van der Waals surface area contributed by atoms with Gasteiger partial charge < -0.3 is 4.74 Å². The zero-order valence-electron chi connectivity index (χ0n) is 15.2. The monoisotopic (exact) mass is 402 g/mol. The van der Waals surface area contributed by atoms with Gasteiger partial charge in [0.15, 0.2) is 4.96 Å². The predicted octanol–water partition coefficient (Wildman–Crippen LogP) is 4.18. The van der Waals surface area contributed by atoms with E-state index in [1.807, 2.05) is 48.5 Å². The van der Waals surface area contributed by atoms with E-state index in [4.69, 9.17) is 4.74 Å². The van der Waals surface area contributed by atoms with Crippen LogP contribution in [0.2, 0.25) is 0 Å². The van der Waals surface area contributed by atoms with Crippen molar-refractivity contribution in [2.24, 2.45) is 0 Å². The molecule has 2 heterocycles. The van der Waals surface area contributed by atoms with E-state index in [0.29, 0.717) is 20.8 Å². The molecular weight excluding hydrogens is 387 g/mol. The van der Waals surface area contributed by atoms with Crippen LogP contribution in [0.25, 0.3) is 22.1 Å². The average molecular weight is 402 g/mol. The van der Waals surface area contributed by atoms with Gasteiger partial charge in [0, 0.05) is 11.1 Å². The molecule has 0 aliphatic rings. The van der Waals surface area contributed by atoms with Gasteiger partial charge in [-0.05, 0) is 30.3 Å². The number of aromatic nitrogens is 2. The molecule has 3 aromatic carbocycles. The Labute approximate surface area is 169 Å². The lowest BCUT2D eigenvalue weighted by Crippen LogP contribution is -2.22. The maximum atomic E-state index is 13.9. The molecule has 0 atom stereocenters. The standard InChI is InChI=1S/C23H15FN2O2S/c24-17-9-3-1-8-16(17)14-28-20-12-6-2-7-15(20)13-21-22(27)26-19-11-5-4-10-18(19)25-23(26)29-21/h1-13H,14H2. The fourth-order valence-electron chi connectivity index (χ4n) is 3.26. The van der Waals surface area contributed by atoms with E-state index in [2.05, 4.69) is 4.98 Å². The molecule has 0 aliphatic heterocycles. The van der Waals surface area contributed by atoms with Crippen LogP contribution in [0.3, 0.4) is 0 Å². The number of rotatable bonds is 4. The van der Waals surface area contributed by atoms with Gasteiger partial charge in [-0.25, -0.2) is 13.8 Å². The summed E-state index contributed by atoms with van der Waals surface area (Å²) >= 11 is 1.34. The number of thiazole rings is 1. The van der Waals surface area contributed by atoms with E-state index >= 15 is 0 Å². The van der Waals surface area contributed by atoms with Crippen molar-refractivity contribution in [3.05, 3.63) is 105 Å². The second-order valence-electron chi connectivity index (χ2n) is 6.55. The van der Waals surface area contributed by atoms with E-state index in [0.717, 1.165) is 16.6 Å². The SMILES string of the molecule is O=c1c(=Cc2ccccc2OCc2ccccc2F)sc2nc3ccccc3n12. The van der Waals surface area contributed by atoms with Gasteiger partial charge in [-0.3, -0.25) is 4.79 Å². The minimum Gasteiger partial charge on any atom is -0.488 e. The Morgan fingerprint density at radius 1 is 1.00 bits per heavy atom. The number of para-hydroxylation sites is 3. The summed E-state index contributed by atoms with van der Waals surface area (Å²) in [4.78, 5) is 18.1. The molecule has 0 radical (unpaired) electrons. The Balaban J connectivity index is 1.55. The van der Waals surface area contributed by atoms with Crippen LogP contribution in [0, 0.1) is 5.82 Å². The highest BCUT2D eigenvalue weighted by Gasteiger charge is 2.11.